The van der Waals surface area contributed by atoms with Gasteiger partial charge in [-0.25, -0.2) is 14.8 Å². The minimum absolute atomic E-state index is 0.261. The van der Waals surface area contributed by atoms with E-state index in [9.17, 15) is 4.79 Å². The highest BCUT2D eigenvalue weighted by molar-refractivity contribution is 6.16. The Bertz CT molecular complexity index is 649. The molecule has 6 heteroatoms. The van der Waals surface area contributed by atoms with Crippen LogP contribution in [0, 0.1) is 5.92 Å². The highest BCUT2D eigenvalue weighted by Gasteiger charge is 2.41. The van der Waals surface area contributed by atoms with Crippen LogP contribution in [0.15, 0.2) is 28.3 Å². The van der Waals surface area contributed by atoms with Crippen LogP contribution in [-0.4, -0.2) is 54.3 Å². The Kier molecular flexibility index (Phi) is 4.30. The predicted molar refractivity (Wildman–Crippen MR) is 86.5 cm³/mol. The van der Waals surface area contributed by atoms with Crippen LogP contribution in [-0.2, 0) is 4.74 Å². The summed E-state index contributed by atoms with van der Waals surface area (Å²) >= 11 is 0. The normalized spacial score (nSPS) is 20.7. The van der Waals surface area contributed by atoms with Crippen LogP contribution in [0.5, 0.6) is 0 Å². The molecule has 1 aromatic heterocycles. The average molecular weight is 302 g/mol. The number of likely N-dealkylation sites (N-methyl/N-ethyl adjacent to an activating group) is 1. The molecule has 0 radical (unpaired) electrons. The molecule has 22 heavy (non-hydrogen) atoms. The van der Waals surface area contributed by atoms with Crippen molar-refractivity contribution in [2.24, 2.45) is 15.9 Å². The van der Waals surface area contributed by atoms with Crippen LogP contribution in [0.3, 0.4) is 0 Å². The molecule has 0 spiro atoms. The maximum absolute atomic E-state index is 11.9. The Labute approximate surface area is 130 Å². The Morgan fingerprint density at radius 1 is 1.36 bits per heavy atom. The molecule has 0 bridgehead atoms. The van der Waals surface area contributed by atoms with E-state index in [2.05, 4.69) is 23.8 Å². The first kappa shape index (κ1) is 16.1. The van der Waals surface area contributed by atoms with Crippen molar-refractivity contribution in [2.75, 3.05) is 21.2 Å². The molecule has 1 aliphatic heterocycles. The zero-order valence-corrected chi connectivity index (χ0v) is 13.9. The van der Waals surface area contributed by atoms with Crippen LogP contribution in [0.25, 0.3) is 0 Å². The smallest absolute Gasteiger partial charge is 0.340 e. The van der Waals surface area contributed by atoms with Gasteiger partial charge in [0.1, 0.15) is 17.1 Å². The first-order chi connectivity index (χ1) is 10.3. The maximum Gasteiger partial charge on any atom is 0.340 e. The SMILES string of the molecule is COC(=O)c1cccnc1C1=NC(C)(C(C)C)C(N(C)C)=N1. The molecule has 0 fully saturated rings. The molecule has 1 aliphatic rings. The predicted octanol–water partition coefficient (Wildman–Crippen LogP) is 2.00. The molecule has 0 aliphatic carbocycles. The lowest BCUT2D eigenvalue weighted by molar-refractivity contribution is 0.0600. The second kappa shape index (κ2) is 5.87. The van der Waals surface area contributed by atoms with Crippen LogP contribution in [0.1, 0.15) is 36.8 Å². The van der Waals surface area contributed by atoms with Gasteiger partial charge in [0.25, 0.3) is 0 Å². The molecular formula is C16H22N4O2. The standard InChI is InChI=1S/C16H22N4O2/c1-10(2)16(3)15(20(4)5)18-13(19-16)12-11(14(21)22-6)8-7-9-17-12/h7-10H,1-6H3. The molecule has 0 N–H and O–H groups in total. The summed E-state index contributed by atoms with van der Waals surface area (Å²) in [5.41, 5.74) is 0.390. The van der Waals surface area contributed by atoms with E-state index in [1.54, 1.807) is 18.3 Å². The van der Waals surface area contributed by atoms with E-state index >= 15 is 0 Å². The Balaban J connectivity index is 2.57. The number of pyridine rings is 1. The minimum atomic E-state index is -0.441. The summed E-state index contributed by atoms with van der Waals surface area (Å²) in [6.07, 6.45) is 1.63. The lowest BCUT2D eigenvalue weighted by atomic mass is 9.88. The number of nitrogens with zero attached hydrogens (tertiary/aromatic N) is 4. The van der Waals surface area contributed by atoms with Crippen LogP contribution < -0.4 is 0 Å². The molecule has 2 rings (SSSR count). The Morgan fingerprint density at radius 2 is 2.05 bits per heavy atom. The molecular weight excluding hydrogens is 280 g/mol. The van der Waals surface area contributed by atoms with Gasteiger partial charge in [-0.05, 0) is 25.0 Å². The van der Waals surface area contributed by atoms with Crippen LogP contribution in [0.4, 0.5) is 0 Å². The number of hydrogen-bond donors (Lipinski definition) is 0. The fourth-order valence-corrected chi connectivity index (χ4v) is 2.41. The monoisotopic (exact) mass is 302 g/mol. The van der Waals surface area contributed by atoms with E-state index < -0.39 is 11.5 Å². The quantitative estimate of drug-likeness (QED) is 0.801. The zero-order valence-electron chi connectivity index (χ0n) is 13.9. The van der Waals surface area contributed by atoms with Gasteiger partial charge in [0, 0.05) is 20.3 Å². The number of carbonyl (C=O) groups is 1. The summed E-state index contributed by atoms with van der Waals surface area (Å²) in [5.74, 6) is 1.15. The summed E-state index contributed by atoms with van der Waals surface area (Å²) in [7, 11) is 5.23. The van der Waals surface area contributed by atoms with Crippen LogP contribution in [0.2, 0.25) is 0 Å². The van der Waals surface area contributed by atoms with Gasteiger partial charge in [-0.2, -0.15) is 0 Å². The molecule has 0 amide bonds. The molecule has 6 nitrogen and oxygen atoms in total. The summed E-state index contributed by atoms with van der Waals surface area (Å²) in [6, 6.07) is 3.37. The van der Waals surface area contributed by atoms with Crippen molar-refractivity contribution < 1.29 is 9.53 Å². The molecule has 0 saturated heterocycles. The van der Waals surface area contributed by atoms with E-state index in [1.165, 1.54) is 7.11 Å². The molecule has 0 aromatic carbocycles. The molecule has 2 heterocycles. The number of amidine groups is 2. The van der Waals surface area contributed by atoms with E-state index in [-0.39, 0.29) is 5.92 Å². The van der Waals surface area contributed by atoms with Crippen molar-refractivity contribution in [1.29, 1.82) is 0 Å². The van der Waals surface area contributed by atoms with Crippen LogP contribution >= 0.6 is 0 Å². The third kappa shape index (κ3) is 2.61. The molecule has 118 valence electrons. The average Bonchev–Trinajstić information content (AvgIpc) is 2.86. The third-order valence-electron chi connectivity index (χ3n) is 3.98. The van der Waals surface area contributed by atoms with Gasteiger partial charge in [0.2, 0.25) is 0 Å². The fraction of sp³-hybridized carbons (Fsp3) is 0.500. The second-order valence-corrected chi connectivity index (χ2v) is 5.96. The molecule has 0 saturated carbocycles. The number of aliphatic imine (C=N–C) groups is 2. The second-order valence-electron chi connectivity index (χ2n) is 5.96. The minimum Gasteiger partial charge on any atom is -0.465 e. The summed E-state index contributed by atoms with van der Waals surface area (Å²) in [4.78, 5) is 27.6. The number of carbonyl (C=O) groups excluding carboxylic acids is 1. The number of methoxy groups -OCH3 is 1. The maximum atomic E-state index is 11.9. The van der Waals surface area contributed by atoms with E-state index in [0.29, 0.717) is 17.1 Å². The molecule has 1 aromatic rings. The van der Waals surface area contributed by atoms with Crippen molar-refractivity contribution in [3.8, 4) is 0 Å². The fourth-order valence-electron chi connectivity index (χ4n) is 2.41. The Hall–Kier alpha value is -2.24. The summed E-state index contributed by atoms with van der Waals surface area (Å²) in [5, 5.41) is 0. The van der Waals surface area contributed by atoms with Gasteiger partial charge in [-0.1, -0.05) is 13.8 Å². The lowest BCUT2D eigenvalue weighted by Gasteiger charge is -2.31. The van der Waals surface area contributed by atoms with Crippen molar-refractivity contribution >= 4 is 17.6 Å². The highest BCUT2D eigenvalue weighted by Crippen LogP contribution is 2.30. The molecule has 1 atom stereocenters. The zero-order chi connectivity index (χ0) is 16.5. The Morgan fingerprint density at radius 3 is 2.55 bits per heavy atom. The van der Waals surface area contributed by atoms with Crippen molar-refractivity contribution in [3.05, 3.63) is 29.6 Å². The third-order valence-corrected chi connectivity index (χ3v) is 3.98. The molecule has 1 unspecified atom stereocenters. The van der Waals surface area contributed by atoms with E-state index in [4.69, 9.17) is 9.73 Å². The number of hydrogen-bond acceptors (Lipinski definition) is 6. The van der Waals surface area contributed by atoms with Gasteiger partial charge >= 0.3 is 5.97 Å². The van der Waals surface area contributed by atoms with Crippen molar-refractivity contribution in [3.63, 3.8) is 0 Å². The van der Waals surface area contributed by atoms with Gasteiger partial charge in [-0.3, -0.25) is 4.98 Å². The number of rotatable bonds is 3. The summed E-state index contributed by atoms with van der Waals surface area (Å²) in [6.45, 7) is 6.25. The van der Waals surface area contributed by atoms with Gasteiger partial charge < -0.3 is 9.64 Å². The number of aromatic nitrogens is 1. The first-order valence-corrected chi connectivity index (χ1v) is 7.21. The van der Waals surface area contributed by atoms with Gasteiger partial charge in [0.15, 0.2) is 5.84 Å². The topological polar surface area (TPSA) is 67.2 Å². The van der Waals surface area contributed by atoms with E-state index in [0.717, 1.165) is 5.84 Å². The number of ether oxygens (including phenoxy) is 1. The highest BCUT2D eigenvalue weighted by atomic mass is 16.5. The first-order valence-electron chi connectivity index (χ1n) is 7.21. The van der Waals surface area contributed by atoms with Gasteiger partial charge in [-0.15, -0.1) is 0 Å². The van der Waals surface area contributed by atoms with Crippen molar-refractivity contribution in [1.82, 2.24) is 9.88 Å². The van der Waals surface area contributed by atoms with E-state index in [1.807, 2.05) is 25.9 Å². The largest absolute Gasteiger partial charge is 0.465 e. The van der Waals surface area contributed by atoms with Crippen molar-refractivity contribution in [2.45, 2.75) is 26.3 Å². The number of esters is 1. The summed E-state index contributed by atoms with van der Waals surface area (Å²) < 4.78 is 4.82. The van der Waals surface area contributed by atoms with Gasteiger partial charge in [0.05, 0.1) is 12.7 Å². The lowest BCUT2D eigenvalue weighted by Crippen LogP contribution is -2.44.